The van der Waals surface area contributed by atoms with E-state index in [9.17, 15) is 0 Å². The van der Waals surface area contributed by atoms with Crippen LogP contribution in [0.2, 0.25) is 0 Å². The molecule has 4 aromatic heterocycles. The third-order valence-electron chi connectivity index (χ3n) is 12.5. The molecule has 13 rings (SSSR count). The molecule has 13 aromatic rings. The maximum atomic E-state index is 5.47. The summed E-state index contributed by atoms with van der Waals surface area (Å²) < 4.78 is 7.28. The van der Waals surface area contributed by atoms with Crippen molar-refractivity contribution in [3.8, 4) is 51.2 Å². The molecule has 0 saturated carbocycles. The highest BCUT2D eigenvalue weighted by molar-refractivity contribution is 6.13. The van der Waals surface area contributed by atoms with Crippen LogP contribution in [0.15, 0.2) is 218 Å². The topological polar surface area (TPSA) is 53.5 Å². The Kier molecular flexibility index (Phi) is 7.80. The van der Waals surface area contributed by atoms with Crippen molar-refractivity contribution in [2.45, 2.75) is 0 Å². The van der Waals surface area contributed by atoms with Crippen LogP contribution in [-0.4, -0.2) is 28.7 Å². The van der Waals surface area contributed by atoms with E-state index in [2.05, 4.69) is 196 Å². The average molecular weight is 805 g/mol. The predicted molar refractivity (Wildman–Crippen MR) is 259 cm³/mol. The van der Waals surface area contributed by atoms with E-state index in [-0.39, 0.29) is 0 Å². The highest BCUT2D eigenvalue weighted by atomic mass is 15.1. The van der Waals surface area contributed by atoms with Gasteiger partial charge in [-0.3, -0.25) is 0 Å². The van der Waals surface area contributed by atoms with Gasteiger partial charge in [0.1, 0.15) is 0 Å². The minimum atomic E-state index is 0.573. The molecule has 0 N–H and O–H groups in total. The van der Waals surface area contributed by atoms with Crippen molar-refractivity contribution in [1.29, 1.82) is 0 Å². The Morgan fingerprint density at radius 2 is 0.587 bits per heavy atom. The first-order valence-electron chi connectivity index (χ1n) is 21.3. The van der Waals surface area contributed by atoms with E-state index in [0.717, 1.165) is 66.9 Å². The minimum Gasteiger partial charge on any atom is -0.309 e. The van der Waals surface area contributed by atoms with Crippen LogP contribution >= 0.6 is 0 Å². The van der Waals surface area contributed by atoms with Gasteiger partial charge in [-0.2, -0.15) is 0 Å². The lowest BCUT2D eigenvalue weighted by Crippen LogP contribution is -2.10. The van der Waals surface area contributed by atoms with E-state index in [0.29, 0.717) is 17.5 Å². The number of hydrogen-bond donors (Lipinski definition) is 0. The van der Waals surface area contributed by atoms with E-state index >= 15 is 0 Å². The molecule has 0 saturated heterocycles. The van der Waals surface area contributed by atoms with Crippen molar-refractivity contribution in [1.82, 2.24) is 28.7 Å². The fourth-order valence-electron chi connectivity index (χ4n) is 9.78. The van der Waals surface area contributed by atoms with Crippen LogP contribution < -0.4 is 0 Å². The van der Waals surface area contributed by atoms with Gasteiger partial charge in [0.05, 0.1) is 44.5 Å². The van der Waals surface area contributed by atoms with Crippen molar-refractivity contribution >= 4 is 65.4 Å². The third-order valence-corrected chi connectivity index (χ3v) is 12.5. The molecule has 0 atom stereocenters. The van der Waals surface area contributed by atoms with Gasteiger partial charge in [0.25, 0.3) is 0 Å². The quantitative estimate of drug-likeness (QED) is 0.168. The van der Waals surface area contributed by atoms with Gasteiger partial charge in [0.2, 0.25) is 0 Å². The lowest BCUT2D eigenvalue weighted by Gasteiger charge is -2.23. The van der Waals surface area contributed by atoms with Crippen molar-refractivity contribution in [2.75, 3.05) is 0 Å². The van der Waals surface area contributed by atoms with Gasteiger partial charge in [-0.25, -0.2) is 15.0 Å². The van der Waals surface area contributed by atoms with Gasteiger partial charge in [-0.1, -0.05) is 170 Å². The summed E-state index contributed by atoms with van der Waals surface area (Å²) >= 11 is 0. The second-order valence-electron chi connectivity index (χ2n) is 16.0. The number of hydrogen-bond acceptors (Lipinski definition) is 3. The zero-order chi connectivity index (χ0) is 41.4. The van der Waals surface area contributed by atoms with Crippen molar-refractivity contribution in [2.24, 2.45) is 0 Å². The van der Waals surface area contributed by atoms with Crippen LogP contribution in [0.4, 0.5) is 0 Å². The van der Waals surface area contributed by atoms with Gasteiger partial charge in [-0.15, -0.1) is 0 Å². The zero-order valence-corrected chi connectivity index (χ0v) is 34.0. The maximum Gasteiger partial charge on any atom is 0.166 e. The first-order chi connectivity index (χ1) is 31.3. The molecule has 0 aliphatic heterocycles. The van der Waals surface area contributed by atoms with E-state index in [1.165, 1.54) is 32.3 Å². The molecule has 0 bridgehead atoms. The molecule has 0 unspecified atom stereocenters. The number of aromatic nitrogens is 6. The first-order valence-corrected chi connectivity index (χ1v) is 21.3. The Bertz CT molecular complexity index is 3700. The van der Waals surface area contributed by atoms with Crippen LogP contribution in [0.5, 0.6) is 0 Å². The van der Waals surface area contributed by atoms with Crippen molar-refractivity contribution in [3.05, 3.63) is 218 Å². The molecule has 6 nitrogen and oxygen atoms in total. The van der Waals surface area contributed by atoms with E-state index in [1.807, 2.05) is 36.4 Å². The molecule has 63 heavy (non-hydrogen) atoms. The first kappa shape index (κ1) is 35.2. The second-order valence-corrected chi connectivity index (χ2v) is 16.0. The molecular formula is C57H36N6. The summed E-state index contributed by atoms with van der Waals surface area (Å²) in [4.78, 5) is 16.1. The molecule has 294 valence electrons. The Balaban J connectivity index is 1.27. The summed E-state index contributed by atoms with van der Waals surface area (Å²) in [7, 11) is 0. The summed E-state index contributed by atoms with van der Waals surface area (Å²) in [6.07, 6.45) is 0. The minimum absolute atomic E-state index is 0.573. The number of nitrogens with zero attached hydrogens (tertiary/aromatic N) is 6. The van der Waals surface area contributed by atoms with Crippen LogP contribution in [0.1, 0.15) is 0 Å². The lowest BCUT2D eigenvalue weighted by molar-refractivity contribution is 1.04. The largest absolute Gasteiger partial charge is 0.309 e. The Morgan fingerprint density at radius 1 is 0.270 bits per heavy atom. The summed E-state index contributed by atoms with van der Waals surface area (Å²) in [5.41, 5.74) is 12.3. The highest BCUT2D eigenvalue weighted by Gasteiger charge is 2.27. The number of para-hydroxylation sites is 6. The second kappa shape index (κ2) is 14.0. The van der Waals surface area contributed by atoms with E-state index in [1.54, 1.807) is 0 Å². The molecule has 0 radical (unpaired) electrons. The molecule has 0 spiro atoms. The number of benzene rings is 9. The summed E-state index contributed by atoms with van der Waals surface area (Å²) in [5, 5.41) is 7.09. The van der Waals surface area contributed by atoms with Gasteiger partial charge in [0, 0.05) is 54.7 Å². The average Bonchev–Trinajstić information content (AvgIpc) is 4.00. The monoisotopic (exact) mass is 804 g/mol. The highest BCUT2D eigenvalue weighted by Crippen LogP contribution is 2.44. The fraction of sp³-hybridized carbons (Fsp3) is 0. The van der Waals surface area contributed by atoms with Crippen LogP contribution in [0.25, 0.3) is 117 Å². The predicted octanol–water partition coefficient (Wildman–Crippen LogP) is 14.2. The maximum absolute atomic E-state index is 5.47. The van der Waals surface area contributed by atoms with Gasteiger partial charge >= 0.3 is 0 Å². The van der Waals surface area contributed by atoms with Gasteiger partial charge in [-0.05, 0) is 48.5 Å². The van der Waals surface area contributed by atoms with Crippen LogP contribution in [0.3, 0.4) is 0 Å². The normalized spacial score (nSPS) is 11.8. The lowest BCUT2D eigenvalue weighted by atomic mass is 10.1. The Hall–Kier alpha value is -8.61. The molecule has 4 heterocycles. The molecule has 0 fully saturated rings. The molecule has 0 aliphatic carbocycles. The van der Waals surface area contributed by atoms with Gasteiger partial charge < -0.3 is 13.7 Å². The number of fused-ring (bicyclic) bond motifs is 9. The standard InChI is InChI=1S/C57H36N6/c1-3-19-37(20-4-1)55-58-56(38-21-5-2-6-22-38)60-57(59-55)46-35-39(61-47-29-13-7-23-40(47)41-24-8-14-30-48(41)61)36-53(62-49-31-15-9-25-42(49)43-26-10-16-32-50(43)62)54(46)63-51-33-17-11-27-44(51)45-28-12-18-34-52(45)63/h1-36H. The smallest absolute Gasteiger partial charge is 0.166 e. The van der Waals surface area contributed by atoms with Crippen LogP contribution in [0, 0.1) is 0 Å². The van der Waals surface area contributed by atoms with Crippen LogP contribution in [-0.2, 0) is 0 Å². The molecule has 0 aliphatic rings. The zero-order valence-electron chi connectivity index (χ0n) is 34.0. The molecule has 6 heteroatoms. The Morgan fingerprint density at radius 3 is 0.984 bits per heavy atom. The number of rotatable bonds is 6. The SMILES string of the molecule is c1ccc(-c2nc(-c3ccccc3)nc(-c3cc(-n4c5ccccc5c5ccccc54)cc(-n4c5ccccc5c5ccccc54)c3-n3c4ccccc4c4ccccc43)n2)cc1. The van der Waals surface area contributed by atoms with Crippen molar-refractivity contribution in [3.63, 3.8) is 0 Å². The molecule has 9 aromatic carbocycles. The summed E-state index contributed by atoms with van der Waals surface area (Å²) in [5.74, 6) is 1.78. The third kappa shape index (κ3) is 5.41. The molecule has 0 amide bonds. The van der Waals surface area contributed by atoms with E-state index < -0.39 is 0 Å². The van der Waals surface area contributed by atoms with E-state index in [4.69, 9.17) is 15.0 Å². The summed E-state index contributed by atoms with van der Waals surface area (Å²) in [6.45, 7) is 0. The van der Waals surface area contributed by atoms with Crippen molar-refractivity contribution < 1.29 is 0 Å². The fourth-order valence-corrected chi connectivity index (χ4v) is 9.78. The molecular weight excluding hydrogens is 769 g/mol. The summed E-state index contributed by atoms with van der Waals surface area (Å²) in [6, 6.07) is 77.5. The van der Waals surface area contributed by atoms with Gasteiger partial charge in [0.15, 0.2) is 17.5 Å². The Labute approximate surface area is 362 Å².